The van der Waals surface area contributed by atoms with Crippen molar-refractivity contribution in [1.82, 2.24) is 9.97 Å². The van der Waals surface area contributed by atoms with Gasteiger partial charge in [0.15, 0.2) is 0 Å². The molecule has 1 heterocycles. The number of hydrogen-bond acceptors (Lipinski definition) is 4. The Morgan fingerprint density at radius 2 is 1.91 bits per heavy atom. The first-order chi connectivity index (χ1) is 10.5. The van der Waals surface area contributed by atoms with Crippen molar-refractivity contribution in [2.24, 2.45) is 0 Å². The summed E-state index contributed by atoms with van der Waals surface area (Å²) in [5, 5.41) is 6.22. The lowest BCUT2D eigenvalue weighted by molar-refractivity contribution is 0.102. The number of hydrogen-bond donors (Lipinski definition) is 2. The van der Waals surface area contributed by atoms with Crippen LogP contribution in [0.1, 0.15) is 40.3 Å². The maximum absolute atomic E-state index is 12.4. The molecule has 1 aromatic heterocycles. The lowest BCUT2D eigenvalue weighted by Crippen LogP contribution is -2.16. The molecule has 0 atom stereocenters. The molecule has 0 spiro atoms. The highest BCUT2D eigenvalue weighted by atomic mass is 16.1. The first-order valence-corrected chi connectivity index (χ1v) is 7.52. The monoisotopic (exact) mass is 296 g/mol. The van der Waals surface area contributed by atoms with Crippen LogP contribution in [0.25, 0.3) is 0 Å². The Morgan fingerprint density at radius 3 is 2.59 bits per heavy atom. The zero-order chi connectivity index (χ0) is 15.7. The Morgan fingerprint density at radius 1 is 1.14 bits per heavy atom. The summed E-state index contributed by atoms with van der Waals surface area (Å²) in [6.45, 7) is 5.81. The standard InChI is InChI=1S/C17H20N4O/c1-10-4-7-14(11(2)8-10)21-17(22)15-9-16(19-12(3)18-15)20-13-5-6-13/h4,7-9,13H,5-6H2,1-3H3,(H,21,22)(H,18,19,20). The van der Waals surface area contributed by atoms with Crippen molar-refractivity contribution in [3.8, 4) is 0 Å². The van der Waals surface area contributed by atoms with Gasteiger partial charge in [0.2, 0.25) is 0 Å². The van der Waals surface area contributed by atoms with Crippen LogP contribution >= 0.6 is 0 Å². The zero-order valence-corrected chi connectivity index (χ0v) is 13.1. The van der Waals surface area contributed by atoms with E-state index in [0.717, 1.165) is 29.9 Å². The number of carbonyl (C=O) groups excluding carboxylic acids is 1. The van der Waals surface area contributed by atoms with Gasteiger partial charge in [-0.2, -0.15) is 0 Å². The van der Waals surface area contributed by atoms with E-state index < -0.39 is 0 Å². The van der Waals surface area contributed by atoms with Crippen LogP contribution in [0.15, 0.2) is 24.3 Å². The Labute approximate surface area is 130 Å². The number of benzene rings is 1. The van der Waals surface area contributed by atoms with Gasteiger partial charge < -0.3 is 10.6 Å². The molecule has 2 N–H and O–H groups in total. The molecule has 5 heteroatoms. The van der Waals surface area contributed by atoms with Crippen molar-refractivity contribution in [1.29, 1.82) is 0 Å². The van der Waals surface area contributed by atoms with Gasteiger partial charge in [-0.1, -0.05) is 17.7 Å². The van der Waals surface area contributed by atoms with Crippen molar-refractivity contribution in [3.63, 3.8) is 0 Å². The smallest absolute Gasteiger partial charge is 0.274 e. The lowest BCUT2D eigenvalue weighted by Gasteiger charge is -2.10. The minimum absolute atomic E-state index is 0.212. The Bertz CT molecular complexity index is 723. The van der Waals surface area contributed by atoms with Gasteiger partial charge in [0, 0.05) is 17.8 Å². The summed E-state index contributed by atoms with van der Waals surface area (Å²) < 4.78 is 0. The minimum atomic E-state index is -0.212. The van der Waals surface area contributed by atoms with Crippen LogP contribution in [0.4, 0.5) is 11.5 Å². The number of nitrogens with zero attached hydrogens (tertiary/aromatic N) is 2. The summed E-state index contributed by atoms with van der Waals surface area (Å²) in [6, 6.07) is 8.14. The first kappa shape index (κ1) is 14.5. The fourth-order valence-corrected chi connectivity index (χ4v) is 2.33. The van der Waals surface area contributed by atoms with Crippen LogP contribution < -0.4 is 10.6 Å². The third kappa shape index (κ3) is 3.42. The number of anilines is 2. The van der Waals surface area contributed by atoms with Crippen molar-refractivity contribution < 1.29 is 4.79 Å². The average molecular weight is 296 g/mol. The molecule has 114 valence electrons. The second-order valence-electron chi connectivity index (χ2n) is 5.88. The van der Waals surface area contributed by atoms with E-state index in [9.17, 15) is 4.79 Å². The molecule has 3 rings (SSSR count). The maximum Gasteiger partial charge on any atom is 0.274 e. The summed E-state index contributed by atoms with van der Waals surface area (Å²) in [5.41, 5.74) is 3.40. The van der Waals surface area contributed by atoms with E-state index in [-0.39, 0.29) is 5.91 Å². The third-order valence-electron chi connectivity index (χ3n) is 3.63. The molecule has 1 amide bonds. The van der Waals surface area contributed by atoms with E-state index in [4.69, 9.17) is 0 Å². The van der Waals surface area contributed by atoms with Crippen LogP contribution in [-0.4, -0.2) is 21.9 Å². The van der Waals surface area contributed by atoms with Gasteiger partial charge in [-0.05, 0) is 45.2 Å². The Hall–Kier alpha value is -2.43. The average Bonchev–Trinajstić information content (AvgIpc) is 3.25. The van der Waals surface area contributed by atoms with E-state index >= 15 is 0 Å². The highest BCUT2D eigenvalue weighted by Gasteiger charge is 2.22. The van der Waals surface area contributed by atoms with Gasteiger partial charge in [0.1, 0.15) is 17.3 Å². The molecule has 1 aliphatic rings. The number of carbonyl (C=O) groups is 1. The SMILES string of the molecule is Cc1ccc(NC(=O)c2cc(NC3CC3)nc(C)n2)c(C)c1. The van der Waals surface area contributed by atoms with E-state index in [1.165, 1.54) is 5.56 Å². The van der Waals surface area contributed by atoms with Gasteiger partial charge in [-0.25, -0.2) is 9.97 Å². The minimum Gasteiger partial charge on any atom is -0.367 e. The van der Waals surface area contributed by atoms with Crippen LogP contribution in [0, 0.1) is 20.8 Å². The molecule has 0 unspecified atom stereocenters. The zero-order valence-electron chi connectivity index (χ0n) is 13.1. The fraction of sp³-hybridized carbons (Fsp3) is 0.353. The third-order valence-corrected chi connectivity index (χ3v) is 3.63. The normalized spacial score (nSPS) is 13.8. The van der Waals surface area contributed by atoms with E-state index in [1.54, 1.807) is 13.0 Å². The topological polar surface area (TPSA) is 66.9 Å². The largest absolute Gasteiger partial charge is 0.367 e. The molecule has 1 aromatic carbocycles. The number of aromatic nitrogens is 2. The van der Waals surface area contributed by atoms with E-state index in [2.05, 4.69) is 20.6 Å². The summed E-state index contributed by atoms with van der Waals surface area (Å²) in [5.74, 6) is 1.11. The van der Waals surface area contributed by atoms with Crippen LogP contribution in [-0.2, 0) is 0 Å². The fourth-order valence-electron chi connectivity index (χ4n) is 2.33. The Balaban J connectivity index is 1.80. The second kappa shape index (κ2) is 5.75. The van der Waals surface area contributed by atoms with Gasteiger partial charge in [0.25, 0.3) is 5.91 Å². The highest BCUT2D eigenvalue weighted by molar-refractivity contribution is 6.03. The molecule has 0 saturated heterocycles. The summed E-state index contributed by atoms with van der Waals surface area (Å²) in [4.78, 5) is 21.0. The maximum atomic E-state index is 12.4. The molecule has 0 bridgehead atoms. The predicted molar refractivity (Wildman–Crippen MR) is 87.3 cm³/mol. The molecule has 22 heavy (non-hydrogen) atoms. The van der Waals surface area contributed by atoms with E-state index in [1.807, 2.05) is 32.0 Å². The molecule has 1 saturated carbocycles. The second-order valence-corrected chi connectivity index (χ2v) is 5.88. The molecule has 1 fully saturated rings. The summed E-state index contributed by atoms with van der Waals surface area (Å²) in [6.07, 6.45) is 2.32. The van der Waals surface area contributed by atoms with Crippen LogP contribution in [0.2, 0.25) is 0 Å². The number of amides is 1. The molecule has 1 aliphatic carbocycles. The highest BCUT2D eigenvalue weighted by Crippen LogP contribution is 2.24. The number of aryl methyl sites for hydroxylation is 3. The van der Waals surface area contributed by atoms with Crippen molar-refractivity contribution in [2.75, 3.05) is 10.6 Å². The molecule has 2 aromatic rings. The van der Waals surface area contributed by atoms with Gasteiger partial charge >= 0.3 is 0 Å². The first-order valence-electron chi connectivity index (χ1n) is 7.52. The van der Waals surface area contributed by atoms with Crippen LogP contribution in [0.5, 0.6) is 0 Å². The predicted octanol–water partition coefficient (Wildman–Crippen LogP) is 3.23. The quantitative estimate of drug-likeness (QED) is 0.909. The molecular formula is C17H20N4O. The lowest BCUT2D eigenvalue weighted by atomic mass is 10.1. The van der Waals surface area contributed by atoms with Crippen molar-refractivity contribution >= 4 is 17.4 Å². The molecule has 0 aliphatic heterocycles. The molecule has 5 nitrogen and oxygen atoms in total. The van der Waals surface area contributed by atoms with E-state index in [0.29, 0.717) is 17.6 Å². The van der Waals surface area contributed by atoms with Crippen LogP contribution in [0.3, 0.4) is 0 Å². The summed E-state index contributed by atoms with van der Waals surface area (Å²) in [7, 11) is 0. The van der Waals surface area contributed by atoms with Crippen molar-refractivity contribution in [3.05, 3.63) is 46.9 Å². The molecule has 0 radical (unpaired) electrons. The Kier molecular flexibility index (Phi) is 3.79. The van der Waals surface area contributed by atoms with Gasteiger partial charge in [-0.15, -0.1) is 0 Å². The van der Waals surface area contributed by atoms with Crippen molar-refractivity contribution in [2.45, 2.75) is 39.7 Å². The number of nitrogens with one attached hydrogen (secondary N) is 2. The molecular weight excluding hydrogens is 276 g/mol. The summed E-state index contributed by atoms with van der Waals surface area (Å²) >= 11 is 0. The van der Waals surface area contributed by atoms with Gasteiger partial charge in [0.05, 0.1) is 0 Å². The number of rotatable bonds is 4. The van der Waals surface area contributed by atoms with Gasteiger partial charge in [-0.3, -0.25) is 4.79 Å².